The van der Waals surface area contributed by atoms with E-state index < -0.39 is 0 Å². The van der Waals surface area contributed by atoms with E-state index in [1.165, 1.54) is 36.8 Å². The van der Waals surface area contributed by atoms with Crippen LogP contribution in [-0.4, -0.2) is 104 Å². The van der Waals surface area contributed by atoms with Gasteiger partial charge in [0.1, 0.15) is 5.78 Å². The van der Waals surface area contributed by atoms with Crippen LogP contribution in [0.4, 0.5) is 16.2 Å². The van der Waals surface area contributed by atoms with Crippen LogP contribution < -0.4 is 16.0 Å². The first-order valence-corrected chi connectivity index (χ1v) is 22.5. The first-order chi connectivity index (χ1) is 30.8. The van der Waals surface area contributed by atoms with E-state index in [1.807, 2.05) is 12.1 Å². The molecule has 360 valence electrons. The Morgan fingerprint density at radius 1 is 0.615 bits per heavy atom. The van der Waals surface area contributed by atoms with E-state index in [4.69, 9.17) is 25.8 Å². The Labute approximate surface area is 384 Å². The van der Waals surface area contributed by atoms with Crippen molar-refractivity contribution in [1.29, 1.82) is 0 Å². The van der Waals surface area contributed by atoms with Crippen LogP contribution in [0.5, 0.6) is 46.0 Å². The Bertz CT molecular complexity index is 2010. The summed E-state index contributed by atoms with van der Waals surface area (Å²) in [4.78, 5) is 27.1. The minimum atomic E-state index is -0.259. The number of rotatable bonds is 17. The molecule has 15 heteroatoms. The van der Waals surface area contributed by atoms with Gasteiger partial charge in [-0.25, -0.2) is 4.79 Å². The number of carbonyl (C=O) groups excluding carboxylic acids is 2. The van der Waals surface area contributed by atoms with Crippen molar-refractivity contribution in [3.05, 3.63) is 83.9 Å². The Hall–Kier alpha value is -6.06. The molecule has 1 heterocycles. The monoisotopic (exact) mass is 907 g/mol. The van der Waals surface area contributed by atoms with Crippen molar-refractivity contribution in [3.63, 3.8) is 0 Å². The number of urea groups is 1. The maximum atomic E-state index is 11.8. The number of Topliss-reactive ketones (excluding diaryl/α,β-unsaturated/α-hetero) is 1. The highest BCUT2D eigenvalue weighted by Gasteiger charge is 2.17. The Kier molecular flexibility index (Phi) is 24.9. The number of hydrogen-bond donors (Lipinski definition) is 10. The number of amides is 2. The Morgan fingerprint density at radius 3 is 1.58 bits per heavy atom. The lowest BCUT2D eigenvalue weighted by atomic mass is 10.0. The number of nitrogens with zero attached hydrogens (tertiary/aromatic N) is 2. The summed E-state index contributed by atoms with van der Waals surface area (Å²) < 4.78 is 5.14. The maximum Gasteiger partial charge on any atom is 0.322 e. The van der Waals surface area contributed by atoms with Crippen molar-refractivity contribution in [2.75, 3.05) is 56.2 Å². The molecule has 2 amide bonds. The molecule has 0 radical (unpaired) electrons. The second kappa shape index (κ2) is 29.4. The fourth-order valence-corrected chi connectivity index (χ4v) is 6.21. The first kappa shape index (κ1) is 55.1. The largest absolute Gasteiger partial charge is 0.504 e. The quantitative estimate of drug-likeness (QED) is 0.0351. The van der Waals surface area contributed by atoms with Crippen molar-refractivity contribution in [3.8, 4) is 46.0 Å². The number of nitrogens with two attached hydrogens (primary N) is 1. The lowest BCUT2D eigenvalue weighted by Gasteiger charge is -2.26. The number of hydrogen-bond acceptors (Lipinski definition) is 13. The summed E-state index contributed by atoms with van der Waals surface area (Å²) >= 11 is 0. The van der Waals surface area contributed by atoms with Gasteiger partial charge in [-0.3, -0.25) is 4.79 Å². The molecule has 0 unspecified atom stereocenters. The molecule has 1 saturated heterocycles. The van der Waals surface area contributed by atoms with E-state index in [-0.39, 0.29) is 64.2 Å². The molecule has 0 bridgehead atoms. The van der Waals surface area contributed by atoms with E-state index in [9.17, 15) is 35.1 Å². The first-order valence-electron chi connectivity index (χ1n) is 22.5. The molecule has 1 fully saturated rings. The van der Waals surface area contributed by atoms with Gasteiger partial charge >= 0.3 is 6.03 Å². The minimum Gasteiger partial charge on any atom is -0.504 e. The number of ketones is 1. The standard InChI is InChI=1S/C16H27NO2.C12H18O2.C11H14N2O4.C11H15NO3/c1-12(2)7-9-17(10-8-13(3)4)14-5-6-15(18)16(19)11-14;1-9(2)4-3-5-10-6-7-11(13)12(14)8-10;14-9-2-1-8(7-10(9)15)12-11(16)13-3-5-17-6-4-13;12-5-1-2-9(13)6-8-3-4-10(14)11(15)7-8/h5-6,11-13,18-19H,7-10H2,1-4H3;6-9,13-14H,3-5H2,1-2H3;1-2,7,14-15H,3-6H2,(H,12,16);3-4,7,14-15H,1-2,5-6,12H2. The van der Waals surface area contributed by atoms with Crippen LogP contribution in [0.25, 0.3) is 0 Å². The molecule has 0 aliphatic carbocycles. The summed E-state index contributed by atoms with van der Waals surface area (Å²) in [7, 11) is 0. The fourth-order valence-electron chi connectivity index (χ4n) is 6.21. The zero-order chi connectivity index (χ0) is 48.5. The highest BCUT2D eigenvalue weighted by Crippen LogP contribution is 2.31. The predicted octanol–water partition coefficient (Wildman–Crippen LogP) is 8.98. The van der Waals surface area contributed by atoms with Gasteiger partial charge in [-0.2, -0.15) is 0 Å². The summed E-state index contributed by atoms with van der Waals surface area (Å²) in [5, 5.41) is 76.7. The number of phenolic OH excluding ortho intramolecular Hbond substituents is 8. The number of phenols is 8. The third-order valence-corrected chi connectivity index (χ3v) is 10.2. The third-order valence-electron chi connectivity index (χ3n) is 10.2. The second-order valence-electron chi connectivity index (χ2n) is 17.3. The highest BCUT2D eigenvalue weighted by atomic mass is 16.5. The highest BCUT2D eigenvalue weighted by molar-refractivity contribution is 5.89. The molecule has 0 saturated carbocycles. The lowest BCUT2D eigenvalue weighted by Crippen LogP contribution is -2.43. The number of aryl methyl sites for hydroxylation is 1. The van der Waals surface area contributed by atoms with Crippen molar-refractivity contribution >= 4 is 23.2 Å². The van der Waals surface area contributed by atoms with Crippen LogP contribution >= 0.6 is 0 Å². The number of aromatic hydroxyl groups is 8. The Balaban J connectivity index is 0.000000300. The summed E-state index contributed by atoms with van der Waals surface area (Å²) in [5.74, 6) is 1.12. The van der Waals surface area contributed by atoms with Gasteiger partial charge in [-0.1, -0.05) is 60.1 Å². The van der Waals surface area contributed by atoms with E-state index in [0.717, 1.165) is 55.9 Å². The average Bonchev–Trinajstić information content (AvgIpc) is 3.26. The molecule has 11 N–H and O–H groups in total. The third kappa shape index (κ3) is 22.4. The van der Waals surface area contributed by atoms with Gasteiger partial charge in [-0.15, -0.1) is 0 Å². The van der Waals surface area contributed by atoms with Gasteiger partial charge in [0.2, 0.25) is 0 Å². The van der Waals surface area contributed by atoms with Gasteiger partial charge in [-0.05, 0) is 116 Å². The normalized spacial score (nSPS) is 12.1. The molecule has 1 aliphatic heterocycles. The second-order valence-corrected chi connectivity index (χ2v) is 17.3. The average molecular weight is 907 g/mol. The van der Waals surface area contributed by atoms with Crippen molar-refractivity contribution < 1.29 is 55.2 Å². The topological polar surface area (TPSA) is 250 Å². The van der Waals surface area contributed by atoms with Crippen LogP contribution in [-0.2, 0) is 22.4 Å². The molecule has 0 spiro atoms. The molecule has 5 rings (SSSR count). The van der Waals surface area contributed by atoms with Gasteiger partial charge in [0, 0.05) is 62.5 Å². The lowest BCUT2D eigenvalue weighted by molar-refractivity contribution is -0.118. The maximum absolute atomic E-state index is 11.8. The SMILES string of the molecule is CC(C)CCCc1ccc(O)c(O)c1.CC(C)CCN(CCC(C)C)c1ccc(O)c(O)c1.NCCCC(=O)Cc1ccc(O)c(O)c1.O=C(Nc1ccc(O)c(O)c1)N1CCOCC1. The summed E-state index contributed by atoms with van der Waals surface area (Å²) in [5.41, 5.74) is 8.50. The number of benzene rings is 4. The van der Waals surface area contributed by atoms with Crippen LogP contribution in [0.3, 0.4) is 0 Å². The van der Waals surface area contributed by atoms with E-state index in [1.54, 1.807) is 35.2 Å². The zero-order valence-electron chi connectivity index (χ0n) is 39.0. The number of ether oxygens (including phenoxy) is 1. The van der Waals surface area contributed by atoms with Crippen LogP contribution in [0.1, 0.15) is 91.2 Å². The zero-order valence-corrected chi connectivity index (χ0v) is 39.0. The van der Waals surface area contributed by atoms with Crippen molar-refractivity contribution in [2.24, 2.45) is 23.5 Å². The number of nitrogens with one attached hydrogen (secondary N) is 1. The van der Waals surface area contributed by atoms with Crippen LogP contribution in [0.2, 0.25) is 0 Å². The van der Waals surface area contributed by atoms with Gasteiger partial charge in [0.25, 0.3) is 0 Å². The molecule has 0 atom stereocenters. The Morgan fingerprint density at radius 2 is 1.09 bits per heavy atom. The van der Waals surface area contributed by atoms with Crippen molar-refractivity contribution in [1.82, 2.24) is 4.90 Å². The molecule has 4 aromatic rings. The molecular weight excluding hydrogens is 833 g/mol. The summed E-state index contributed by atoms with van der Waals surface area (Å²) in [6.07, 6.45) is 6.95. The summed E-state index contributed by atoms with van der Waals surface area (Å²) in [6, 6.07) is 18.4. The van der Waals surface area contributed by atoms with Crippen molar-refractivity contribution in [2.45, 2.75) is 92.9 Å². The smallest absolute Gasteiger partial charge is 0.322 e. The number of carbonyl (C=O) groups is 2. The molecule has 1 aliphatic rings. The summed E-state index contributed by atoms with van der Waals surface area (Å²) in [6.45, 7) is 17.9. The molecule has 0 aromatic heterocycles. The van der Waals surface area contributed by atoms with Gasteiger partial charge < -0.3 is 66.4 Å². The van der Waals surface area contributed by atoms with Gasteiger partial charge in [0.15, 0.2) is 46.0 Å². The van der Waals surface area contributed by atoms with E-state index in [2.05, 4.69) is 51.8 Å². The number of morpholine rings is 1. The minimum absolute atomic E-state index is 0.0213. The van der Waals surface area contributed by atoms with E-state index >= 15 is 0 Å². The van der Waals surface area contributed by atoms with E-state index in [0.29, 0.717) is 68.8 Å². The van der Waals surface area contributed by atoms with Gasteiger partial charge in [0.05, 0.1) is 13.2 Å². The molecular formula is C50H74N4O11. The fraction of sp³-hybridized carbons (Fsp3) is 0.480. The molecule has 4 aromatic carbocycles. The molecule has 65 heavy (non-hydrogen) atoms. The van der Waals surface area contributed by atoms with Crippen LogP contribution in [0, 0.1) is 17.8 Å². The predicted molar refractivity (Wildman–Crippen MR) is 256 cm³/mol. The van der Waals surface area contributed by atoms with Crippen LogP contribution in [0.15, 0.2) is 72.8 Å². The number of anilines is 2. The molecule has 15 nitrogen and oxygen atoms in total.